The van der Waals surface area contributed by atoms with E-state index in [1.807, 2.05) is 0 Å². The number of rotatable bonds is 5. The summed E-state index contributed by atoms with van der Waals surface area (Å²) < 4.78 is 45.5. The number of primary sulfonamides is 1. The second-order valence-electron chi connectivity index (χ2n) is 3.85. The number of imidazole rings is 1. The van der Waals surface area contributed by atoms with Crippen LogP contribution in [0.5, 0.6) is 0 Å². The molecule has 0 saturated heterocycles. The fourth-order valence-electron chi connectivity index (χ4n) is 1.34. The average Bonchev–Trinajstić information content (AvgIpc) is 2.45. The number of sulfone groups is 1. The molecule has 2 N–H and O–H groups in total. The van der Waals surface area contributed by atoms with Crippen LogP contribution in [-0.4, -0.2) is 38.4 Å². The van der Waals surface area contributed by atoms with Gasteiger partial charge >= 0.3 is 0 Å². The van der Waals surface area contributed by atoms with Crippen LogP contribution in [-0.2, 0) is 26.4 Å². The lowest BCUT2D eigenvalue weighted by Crippen LogP contribution is -2.12. The van der Waals surface area contributed by atoms with Crippen molar-refractivity contribution in [3.63, 3.8) is 0 Å². The van der Waals surface area contributed by atoms with E-state index in [4.69, 9.17) is 5.14 Å². The smallest absolute Gasteiger partial charge is 0.257 e. The van der Waals surface area contributed by atoms with Crippen molar-refractivity contribution in [3.8, 4) is 0 Å². The molecule has 0 aliphatic carbocycles. The number of aromatic nitrogens is 2. The van der Waals surface area contributed by atoms with Gasteiger partial charge in [-0.15, -0.1) is 0 Å². The molecule has 1 aromatic rings. The highest BCUT2D eigenvalue weighted by Gasteiger charge is 2.14. The Labute approximate surface area is 101 Å². The number of hydrogen-bond acceptors (Lipinski definition) is 5. The molecule has 1 rings (SSSR count). The van der Waals surface area contributed by atoms with Crippen molar-refractivity contribution in [2.24, 2.45) is 5.14 Å². The lowest BCUT2D eigenvalue weighted by atomic mass is 10.4. The minimum atomic E-state index is -3.81. The summed E-state index contributed by atoms with van der Waals surface area (Å²) in [7, 11) is -6.81. The van der Waals surface area contributed by atoms with E-state index in [-0.39, 0.29) is 10.8 Å². The largest absolute Gasteiger partial charge is 0.334 e. The molecule has 9 heteroatoms. The van der Waals surface area contributed by atoms with Crippen LogP contribution in [0.2, 0.25) is 0 Å². The summed E-state index contributed by atoms with van der Waals surface area (Å²) >= 11 is 0. The van der Waals surface area contributed by atoms with Crippen LogP contribution in [0.25, 0.3) is 0 Å². The molecule has 17 heavy (non-hydrogen) atoms. The second kappa shape index (κ2) is 4.75. The van der Waals surface area contributed by atoms with E-state index in [0.717, 1.165) is 6.26 Å². The van der Waals surface area contributed by atoms with Crippen LogP contribution in [0.4, 0.5) is 0 Å². The highest BCUT2D eigenvalue weighted by Crippen LogP contribution is 2.08. The molecular formula is C8H15N3O4S2. The lowest BCUT2D eigenvalue weighted by Gasteiger charge is -2.03. The SMILES string of the molecule is Cc1nc(S(N)(=O)=O)cn1CCCS(C)(=O)=O. The maximum absolute atomic E-state index is 11.0. The molecule has 0 saturated carbocycles. The highest BCUT2D eigenvalue weighted by molar-refractivity contribution is 7.90. The van der Waals surface area contributed by atoms with Crippen LogP contribution in [0.3, 0.4) is 0 Å². The Morgan fingerprint density at radius 3 is 2.35 bits per heavy atom. The monoisotopic (exact) mass is 281 g/mol. The van der Waals surface area contributed by atoms with Crippen LogP contribution < -0.4 is 5.14 Å². The van der Waals surface area contributed by atoms with Crippen molar-refractivity contribution in [3.05, 3.63) is 12.0 Å². The van der Waals surface area contributed by atoms with Crippen LogP contribution >= 0.6 is 0 Å². The standard InChI is InChI=1S/C8H15N3O4S2/c1-7-10-8(17(9,14)15)6-11(7)4-3-5-16(2,12)13/h6H,3-5H2,1-2H3,(H2,9,14,15). The topological polar surface area (TPSA) is 112 Å². The first-order chi connectivity index (χ1) is 7.59. The Morgan fingerprint density at radius 2 is 1.94 bits per heavy atom. The minimum absolute atomic E-state index is 0.0509. The van der Waals surface area contributed by atoms with Gasteiger partial charge in [-0.05, 0) is 13.3 Å². The third-order valence-electron chi connectivity index (χ3n) is 2.16. The summed E-state index contributed by atoms with van der Waals surface area (Å²) in [6.45, 7) is 2.02. The highest BCUT2D eigenvalue weighted by atomic mass is 32.2. The van der Waals surface area contributed by atoms with E-state index in [0.29, 0.717) is 18.8 Å². The quantitative estimate of drug-likeness (QED) is 0.765. The lowest BCUT2D eigenvalue weighted by molar-refractivity contribution is 0.588. The molecule has 0 bridgehead atoms. The molecule has 0 unspecified atom stereocenters. The van der Waals surface area contributed by atoms with Crippen molar-refractivity contribution < 1.29 is 16.8 Å². The number of nitrogens with two attached hydrogens (primary N) is 1. The minimum Gasteiger partial charge on any atom is -0.334 e. The fraction of sp³-hybridized carbons (Fsp3) is 0.625. The van der Waals surface area contributed by atoms with Gasteiger partial charge in [0, 0.05) is 19.0 Å². The Morgan fingerprint density at radius 1 is 1.35 bits per heavy atom. The predicted molar refractivity (Wildman–Crippen MR) is 62.7 cm³/mol. The molecule has 0 amide bonds. The van der Waals surface area contributed by atoms with Gasteiger partial charge in [0.25, 0.3) is 10.0 Å². The van der Waals surface area contributed by atoms with Crippen molar-refractivity contribution >= 4 is 19.9 Å². The summed E-state index contributed by atoms with van der Waals surface area (Å²) in [4.78, 5) is 3.80. The van der Waals surface area contributed by atoms with Gasteiger partial charge in [-0.3, -0.25) is 0 Å². The van der Waals surface area contributed by atoms with Gasteiger partial charge in [0.15, 0.2) is 5.03 Å². The third kappa shape index (κ3) is 4.44. The summed E-state index contributed by atoms with van der Waals surface area (Å²) in [5, 5.41) is 4.74. The van der Waals surface area contributed by atoms with Crippen LogP contribution in [0.1, 0.15) is 12.2 Å². The van der Waals surface area contributed by atoms with E-state index < -0.39 is 19.9 Å². The van der Waals surface area contributed by atoms with Crippen molar-refractivity contribution in [2.75, 3.05) is 12.0 Å². The molecule has 7 nitrogen and oxygen atoms in total. The van der Waals surface area contributed by atoms with Gasteiger partial charge in [0.2, 0.25) is 0 Å². The Balaban J connectivity index is 2.77. The van der Waals surface area contributed by atoms with Crippen LogP contribution in [0.15, 0.2) is 11.2 Å². The van der Waals surface area contributed by atoms with Gasteiger partial charge in [-0.2, -0.15) is 0 Å². The van der Waals surface area contributed by atoms with E-state index in [9.17, 15) is 16.8 Å². The summed E-state index contributed by atoms with van der Waals surface area (Å²) in [5.41, 5.74) is 0. The molecule has 98 valence electrons. The number of hydrogen-bond donors (Lipinski definition) is 1. The van der Waals surface area contributed by atoms with E-state index in [2.05, 4.69) is 4.98 Å². The molecule has 0 fully saturated rings. The van der Waals surface area contributed by atoms with E-state index in [1.54, 1.807) is 11.5 Å². The van der Waals surface area contributed by atoms with E-state index in [1.165, 1.54) is 6.20 Å². The number of aryl methyl sites for hydroxylation is 2. The van der Waals surface area contributed by atoms with Crippen molar-refractivity contribution in [1.82, 2.24) is 9.55 Å². The molecule has 0 aromatic carbocycles. The van der Waals surface area contributed by atoms with Gasteiger partial charge in [0.1, 0.15) is 15.7 Å². The third-order valence-corrected chi connectivity index (χ3v) is 3.97. The molecule has 0 atom stereocenters. The zero-order valence-corrected chi connectivity index (χ0v) is 11.3. The molecular weight excluding hydrogens is 266 g/mol. The van der Waals surface area contributed by atoms with E-state index >= 15 is 0 Å². The zero-order chi connectivity index (χ0) is 13.3. The Hall–Kier alpha value is -0.930. The van der Waals surface area contributed by atoms with Crippen LogP contribution in [0, 0.1) is 6.92 Å². The van der Waals surface area contributed by atoms with Gasteiger partial charge < -0.3 is 4.57 Å². The summed E-state index contributed by atoms with van der Waals surface area (Å²) in [6, 6.07) is 0. The van der Waals surface area contributed by atoms with Gasteiger partial charge in [0.05, 0.1) is 5.75 Å². The second-order valence-corrected chi connectivity index (χ2v) is 7.62. The van der Waals surface area contributed by atoms with Crippen molar-refractivity contribution in [1.29, 1.82) is 0 Å². The molecule has 0 aliphatic heterocycles. The Kier molecular flexibility index (Phi) is 3.95. The predicted octanol–water partition coefficient (Wildman–Crippen LogP) is -0.726. The summed E-state index contributed by atoms with van der Waals surface area (Å²) in [5.74, 6) is 0.539. The first-order valence-electron chi connectivity index (χ1n) is 4.84. The summed E-state index contributed by atoms with van der Waals surface area (Å²) in [6.07, 6.45) is 2.87. The maximum atomic E-state index is 11.0. The molecule has 0 spiro atoms. The molecule has 0 radical (unpaired) electrons. The number of sulfonamides is 1. The zero-order valence-electron chi connectivity index (χ0n) is 9.62. The van der Waals surface area contributed by atoms with Crippen molar-refractivity contribution in [2.45, 2.75) is 24.9 Å². The van der Waals surface area contributed by atoms with Gasteiger partial charge in [-0.1, -0.05) is 0 Å². The number of nitrogens with zero attached hydrogens (tertiary/aromatic N) is 2. The first kappa shape index (κ1) is 14.1. The Bertz CT molecular complexity index is 601. The normalized spacial score (nSPS) is 12.9. The molecule has 1 aromatic heterocycles. The van der Waals surface area contributed by atoms with Gasteiger partial charge in [-0.25, -0.2) is 27.0 Å². The molecule has 1 heterocycles. The first-order valence-corrected chi connectivity index (χ1v) is 8.44. The molecule has 0 aliphatic rings. The maximum Gasteiger partial charge on any atom is 0.257 e. The average molecular weight is 281 g/mol. The fourth-order valence-corrected chi connectivity index (χ4v) is 2.53.